The lowest BCUT2D eigenvalue weighted by atomic mass is 10.1. The van der Waals surface area contributed by atoms with E-state index in [9.17, 15) is 24.9 Å². The molecule has 1 aromatic carbocycles. The molecule has 0 aliphatic carbocycles. The lowest BCUT2D eigenvalue weighted by Gasteiger charge is -2.14. The Bertz CT molecular complexity index is 1410. The number of carbonyl (C=O) groups excluding carboxylic acids is 1. The summed E-state index contributed by atoms with van der Waals surface area (Å²) in [4.78, 5) is 31.7. The molecule has 9 nitrogen and oxygen atoms in total. The minimum Gasteiger partial charge on any atom is -0.394 e. The highest BCUT2D eigenvalue weighted by Gasteiger charge is 2.19. The Morgan fingerprint density at radius 1 is 1.14 bits per heavy atom. The molecule has 2 unspecified atom stereocenters. The van der Waals surface area contributed by atoms with Gasteiger partial charge in [0, 0.05) is 41.9 Å². The van der Waals surface area contributed by atoms with Crippen molar-refractivity contribution >= 4 is 39.1 Å². The predicted molar refractivity (Wildman–Crippen MR) is 143 cm³/mol. The molecule has 3 aromatic heterocycles. The summed E-state index contributed by atoms with van der Waals surface area (Å²) in [5.41, 5.74) is 0.897. The average Bonchev–Trinajstić information content (AvgIpc) is 3.35. The van der Waals surface area contributed by atoms with Gasteiger partial charge in [-0.25, -0.2) is 0 Å². The highest BCUT2D eigenvalue weighted by Crippen LogP contribution is 2.25. The average molecular weight is 543 g/mol. The third kappa shape index (κ3) is 6.80. The fourth-order valence-electron chi connectivity index (χ4n) is 3.78. The lowest BCUT2D eigenvalue weighted by molar-refractivity contribution is 0.0819. The zero-order valence-corrected chi connectivity index (χ0v) is 21.4. The molecule has 0 saturated carbocycles. The smallest absolute Gasteiger partial charge is 0.257 e. The van der Waals surface area contributed by atoms with E-state index in [-0.39, 0.29) is 25.2 Å². The van der Waals surface area contributed by atoms with Gasteiger partial charge < -0.3 is 30.5 Å². The molecule has 4 aromatic rings. The van der Waals surface area contributed by atoms with Crippen molar-refractivity contribution in [1.29, 1.82) is 0 Å². The molecule has 0 spiro atoms. The van der Waals surface area contributed by atoms with Crippen LogP contribution in [0.3, 0.4) is 0 Å². The number of nitrogens with zero attached hydrogens (tertiary/aromatic N) is 2. The molecule has 0 saturated heterocycles. The van der Waals surface area contributed by atoms with Gasteiger partial charge in [-0.05, 0) is 35.9 Å². The molecular formula is C26H27ClN4O5S. The normalized spacial score (nSPS) is 13.0. The zero-order chi connectivity index (χ0) is 26.4. The molecule has 0 fully saturated rings. The molecule has 194 valence electrons. The van der Waals surface area contributed by atoms with Crippen molar-refractivity contribution in [2.75, 3.05) is 13.2 Å². The second-order valence-corrected chi connectivity index (χ2v) is 10.1. The number of rotatable bonds is 11. The van der Waals surface area contributed by atoms with Gasteiger partial charge in [-0.15, -0.1) is 11.3 Å². The number of aromatic nitrogens is 2. The van der Waals surface area contributed by atoms with Gasteiger partial charge in [0.15, 0.2) is 0 Å². The number of thiophene rings is 1. The predicted octanol–water partition coefficient (Wildman–Crippen LogP) is 2.22. The van der Waals surface area contributed by atoms with E-state index in [2.05, 4.69) is 15.6 Å². The van der Waals surface area contributed by atoms with Gasteiger partial charge in [0.05, 0.1) is 30.3 Å². The summed E-state index contributed by atoms with van der Waals surface area (Å²) in [7, 11) is 0. The summed E-state index contributed by atoms with van der Waals surface area (Å²) in [5.74, 6) is -0.543. The van der Waals surface area contributed by atoms with Crippen LogP contribution in [0.15, 0.2) is 65.7 Å². The largest absolute Gasteiger partial charge is 0.394 e. The summed E-state index contributed by atoms with van der Waals surface area (Å²) in [6, 6.07) is 14.0. The third-order valence-electron chi connectivity index (χ3n) is 5.69. The maximum atomic E-state index is 13.2. The van der Waals surface area contributed by atoms with E-state index in [0.717, 1.165) is 10.4 Å². The Morgan fingerprint density at radius 3 is 2.62 bits per heavy atom. The number of carbonyl (C=O) groups is 1. The van der Waals surface area contributed by atoms with E-state index in [4.69, 9.17) is 11.6 Å². The second kappa shape index (κ2) is 12.4. The third-order valence-corrected chi connectivity index (χ3v) is 7.12. The second-order valence-electron chi connectivity index (χ2n) is 8.50. The van der Waals surface area contributed by atoms with E-state index in [1.165, 1.54) is 17.5 Å². The maximum absolute atomic E-state index is 13.2. The van der Waals surface area contributed by atoms with Crippen molar-refractivity contribution in [2.45, 2.75) is 31.8 Å². The van der Waals surface area contributed by atoms with Crippen LogP contribution in [0.4, 0.5) is 0 Å². The zero-order valence-electron chi connectivity index (χ0n) is 19.8. The van der Waals surface area contributed by atoms with Crippen LogP contribution in [0.5, 0.6) is 0 Å². The number of hydrogen-bond donors (Lipinski definition) is 5. The fourth-order valence-corrected chi connectivity index (χ4v) is 5.02. The van der Waals surface area contributed by atoms with Crippen molar-refractivity contribution < 1.29 is 20.1 Å². The fraction of sp³-hybridized carbons (Fsp3) is 0.269. The molecule has 37 heavy (non-hydrogen) atoms. The van der Waals surface area contributed by atoms with Crippen LogP contribution in [-0.4, -0.2) is 50.0 Å². The van der Waals surface area contributed by atoms with Crippen LogP contribution in [0.2, 0.25) is 5.02 Å². The van der Waals surface area contributed by atoms with Crippen LogP contribution in [0.25, 0.3) is 10.2 Å². The van der Waals surface area contributed by atoms with E-state index in [1.54, 1.807) is 59.3 Å². The van der Waals surface area contributed by atoms with E-state index >= 15 is 0 Å². The Balaban J connectivity index is 1.54. The number of hydrogen-bond acceptors (Lipinski definition) is 8. The first-order valence-electron chi connectivity index (χ1n) is 11.6. The van der Waals surface area contributed by atoms with Gasteiger partial charge >= 0.3 is 0 Å². The van der Waals surface area contributed by atoms with Gasteiger partial charge in [0.25, 0.3) is 5.91 Å². The van der Waals surface area contributed by atoms with Crippen LogP contribution < -0.4 is 16.1 Å². The van der Waals surface area contributed by atoms with Crippen LogP contribution in [0.1, 0.15) is 32.6 Å². The number of nitrogens with one attached hydrogen (secondary N) is 2. The van der Waals surface area contributed by atoms with Gasteiger partial charge in [-0.3, -0.25) is 14.6 Å². The first-order chi connectivity index (χ1) is 17.9. The molecule has 2 atom stereocenters. The molecule has 4 rings (SSSR count). The summed E-state index contributed by atoms with van der Waals surface area (Å²) >= 11 is 7.24. The number of benzene rings is 1. The molecule has 11 heteroatoms. The SMILES string of the molecule is O=C(NCc1ccc(Cl)cc1)c1cn(CC(O)CO)c2sc(CNCC(O)c3ccccn3)cc2c1=O. The van der Waals surface area contributed by atoms with Gasteiger partial charge in [0.2, 0.25) is 5.43 Å². The number of halogens is 1. The number of amides is 1. The van der Waals surface area contributed by atoms with Crippen LogP contribution in [-0.2, 0) is 19.6 Å². The van der Waals surface area contributed by atoms with Crippen LogP contribution >= 0.6 is 22.9 Å². The Labute approximate surface area is 222 Å². The molecule has 0 bridgehead atoms. The number of fused-ring (bicyclic) bond motifs is 1. The highest BCUT2D eigenvalue weighted by atomic mass is 35.5. The molecule has 1 amide bonds. The minimum atomic E-state index is -1.06. The molecule has 3 heterocycles. The van der Waals surface area contributed by atoms with Crippen molar-refractivity contribution in [3.05, 3.63) is 97.9 Å². The van der Waals surface area contributed by atoms with E-state index < -0.39 is 30.2 Å². The molecule has 0 radical (unpaired) electrons. The van der Waals surface area contributed by atoms with Crippen LogP contribution in [0, 0.1) is 0 Å². The van der Waals surface area contributed by atoms with Gasteiger partial charge in [0.1, 0.15) is 16.5 Å². The van der Waals surface area contributed by atoms with E-state index in [1.807, 2.05) is 0 Å². The number of aliphatic hydroxyl groups is 3. The van der Waals surface area contributed by atoms with Crippen molar-refractivity contribution in [3.8, 4) is 0 Å². The molecular weight excluding hydrogens is 516 g/mol. The number of aliphatic hydroxyl groups excluding tert-OH is 3. The first kappa shape index (κ1) is 26.9. The summed E-state index contributed by atoms with van der Waals surface area (Å²) in [6.45, 7) is 0.401. The standard InChI is InChI=1S/C26H27ClN4O5S/c27-17-6-4-16(5-7-17)10-30-25(36)21-14-31(13-18(33)15-32)26-20(24(21)35)9-19(37-26)11-28-12-23(34)22-3-1-2-8-29-22/h1-9,14,18,23,28,32-34H,10-13,15H2,(H,30,36). The quantitative estimate of drug-likeness (QED) is 0.196. The summed E-state index contributed by atoms with van der Waals surface area (Å²) in [6.07, 6.45) is 1.18. The Morgan fingerprint density at radius 2 is 1.92 bits per heavy atom. The van der Waals surface area contributed by atoms with Gasteiger partial charge in [-0.2, -0.15) is 0 Å². The highest BCUT2D eigenvalue weighted by molar-refractivity contribution is 7.18. The van der Waals surface area contributed by atoms with Crippen molar-refractivity contribution in [3.63, 3.8) is 0 Å². The Kier molecular flexibility index (Phi) is 9.04. The lowest BCUT2D eigenvalue weighted by Crippen LogP contribution is -2.30. The molecule has 0 aliphatic rings. The van der Waals surface area contributed by atoms with Crippen molar-refractivity contribution in [2.24, 2.45) is 0 Å². The molecule has 0 aliphatic heterocycles. The van der Waals surface area contributed by atoms with Gasteiger partial charge in [-0.1, -0.05) is 29.8 Å². The first-order valence-corrected chi connectivity index (χ1v) is 12.8. The monoisotopic (exact) mass is 542 g/mol. The van der Waals surface area contributed by atoms with Crippen molar-refractivity contribution in [1.82, 2.24) is 20.2 Å². The Hall–Kier alpha value is -3.12. The number of pyridine rings is 2. The summed E-state index contributed by atoms with van der Waals surface area (Å²) < 4.78 is 1.62. The summed E-state index contributed by atoms with van der Waals surface area (Å²) in [5, 5.41) is 36.6. The molecule has 5 N–H and O–H groups in total. The topological polar surface area (TPSA) is 137 Å². The minimum absolute atomic E-state index is 0.0104. The van der Waals surface area contributed by atoms with E-state index in [0.29, 0.717) is 27.5 Å². The maximum Gasteiger partial charge on any atom is 0.257 e.